The molecule has 2 aromatic carbocycles. The number of hydrogen-bond acceptors (Lipinski definition) is 2. The summed E-state index contributed by atoms with van der Waals surface area (Å²) in [5.41, 5.74) is 10.4. The lowest BCUT2D eigenvalue weighted by Crippen LogP contribution is -2.25. The number of amides is 1. The summed E-state index contributed by atoms with van der Waals surface area (Å²) in [4.78, 5) is 15.4. The number of anilines is 1. The van der Waals surface area contributed by atoms with Gasteiger partial charge in [0.1, 0.15) is 0 Å². The first kappa shape index (κ1) is 14.2. The topological polar surface area (TPSA) is 70.9 Å². The van der Waals surface area contributed by atoms with Crippen molar-refractivity contribution in [2.45, 2.75) is 13.3 Å². The smallest absolute Gasteiger partial charge is 0.251 e. The summed E-state index contributed by atoms with van der Waals surface area (Å²) in [6, 6.07) is 13.5. The van der Waals surface area contributed by atoms with E-state index in [0.717, 1.165) is 17.5 Å². The molecule has 0 spiro atoms. The molecule has 0 aliphatic rings. The highest BCUT2D eigenvalue weighted by Crippen LogP contribution is 2.18. The molecular weight excluding hydrogens is 274 g/mol. The second-order valence-electron chi connectivity index (χ2n) is 5.44. The predicted molar refractivity (Wildman–Crippen MR) is 89.9 cm³/mol. The molecule has 22 heavy (non-hydrogen) atoms. The Kier molecular flexibility index (Phi) is 3.83. The van der Waals surface area contributed by atoms with Crippen LogP contribution in [0, 0.1) is 6.92 Å². The highest BCUT2D eigenvalue weighted by Gasteiger charge is 2.07. The molecule has 4 heteroatoms. The first-order valence-electron chi connectivity index (χ1n) is 7.34. The Morgan fingerprint density at radius 2 is 2.05 bits per heavy atom. The number of nitrogens with one attached hydrogen (secondary N) is 2. The number of aromatic nitrogens is 1. The van der Waals surface area contributed by atoms with Crippen molar-refractivity contribution in [1.29, 1.82) is 0 Å². The Labute approximate surface area is 129 Å². The SMILES string of the molecule is Cc1ccc(C(=O)NCCc2c[nH]c3ccccc23)cc1N. The van der Waals surface area contributed by atoms with E-state index in [4.69, 9.17) is 5.73 Å². The van der Waals surface area contributed by atoms with E-state index in [0.29, 0.717) is 17.8 Å². The zero-order chi connectivity index (χ0) is 15.5. The van der Waals surface area contributed by atoms with Crippen molar-refractivity contribution >= 4 is 22.5 Å². The number of nitrogens with two attached hydrogens (primary N) is 1. The molecule has 0 aliphatic heterocycles. The molecule has 4 nitrogen and oxygen atoms in total. The zero-order valence-corrected chi connectivity index (χ0v) is 12.5. The van der Waals surface area contributed by atoms with Crippen LogP contribution in [0.1, 0.15) is 21.5 Å². The van der Waals surface area contributed by atoms with Crippen LogP contribution in [-0.4, -0.2) is 17.4 Å². The van der Waals surface area contributed by atoms with Gasteiger partial charge in [0, 0.05) is 34.9 Å². The molecule has 3 aromatic rings. The average molecular weight is 293 g/mol. The maximum absolute atomic E-state index is 12.1. The molecule has 0 saturated heterocycles. The Hall–Kier alpha value is -2.75. The van der Waals surface area contributed by atoms with Crippen molar-refractivity contribution in [1.82, 2.24) is 10.3 Å². The molecule has 1 amide bonds. The molecule has 1 heterocycles. The van der Waals surface area contributed by atoms with E-state index in [-0.39, 0.29) is 5.91 Å². The summed E-state index contributed by atoms with van der Waals surface area (Å²) < 4.78 is 0. The number of aromatic amines is 1. The van der Waals surface area contributed by atoms with Crippen molar-refractivity contribution in [3.8, 4) is 0 Å². The van der Waals surface area contributed by atoms with Crippen LogP contribution in [0.5, 0.6) is 0 Å². The Bertz CT molecular complexity index is 820. The highest BCUT2D eigenvalue weighted by molar-refractivity contribution is 5.95. The number of fused-ring (bicyclic) bond motifs is 1. The first-order chi connectivity index (χ1) is 10.6. The molecule has 0 aliphatic carbocycles. The van der Waals surface area contributed by atoms with Gasteiger partial charge < -0.3 is 16.0 Å². The van der Waals surface area contributed by atoms with Crippen LogP contribution in [0.25, 0.3) is 10.9 Å². The maximum Gasteiger partial charge on any atom is 0.251 e. The summed E-state index contributed by atoms with van der Waals surface area (Å²) in [6.07, 6.45) is 2.79. The number of H-pyrrole nitrogens is 1. The van der Waals surface area contributed by atoms with Gasteiger partial charge in [0.25, 0.3) is 5.91 Å². The Morgan fingerprint density at radius 3 is 2.86 bits per heavy atom. The third kappa shape index (κ3) is 2.81. The molecule has 4 N–H and O–H groups in total. The van der Waals surface area contributed by atoms with Gasteiger partial charge in [-0.2, -0.15) is 0 Å². The fourth-order valence-corrected chi connectivity index (χ4v) is 2.53. The maximum atomic E-state index is 12.1. The summed E-state index contributed by atoms with van der Waals surface area (Å²) >= 11 is 0. The van der Waals surface area contributed by atoms with Crippen LogP contribution in [0.4, 0.5) is 5.69 Å². The van der Waals surface area contributed by atoms with Crippen LogP contribution in [0.3, 0.4) is 0 Å². The molecule has 0 saturated carbocycles. The first-order valence-corrected chi connectivity index (χ1v) is 7.34. The third-order valence-corrected chi connectivity index (χ3v) is 3.90. The highest BCUT2D eigenvalue weighted by atomic mass is 16.1. The lowest BCUT2D eigenvalue weighted by molar-refractivity contribution is 0.0954. The van der Waals surface area contributed by atoms with Gasteiger partial charge in [0.2, 0.25) is 0 Å². The van der Waals surface area contributed by atoms with Gasteiger partial charge in [-0.25, -0.2) is 0 Å². The fourth-order valence-electron chi connectivity index (χ4n) is 2.53. The van der Waals surface area contributed by atoms with E-state index in [9.17, 15) is 4.79 Å². The molecule has 0 atom stereocenters. The van der Waals surface area contributed by atoms with E-state index in [1.165, 1.54) is 10.9 Å². The molecule has 0 radical (unpaired) electrons. The van der Waals surface area contributed by atoms with Crippen LogP contribution in [0.2, 0.25) is 0 Å². The van der Waals surface area contributed by atoms with E-state index in [1.54, 1.807) is 12.1 Å². The monoisotopic (exact) mass is 293 g/mol. The molecular formula is C18H19N3O. The van der Waals surface area contributed by atoms with Gasteiger partial charge in [0.05, 0.1) is 0 Å². The Morgan fingerprint density at radius 1 is 1.23 bits per heavy atom. The largest absolute Gasteiger partial charge is 0.398 e. The van der Waals surface area contributed by atoms with Crippen molar-refractivity contribution in [2.75, 3.05) is 12.3 Å². The molecule has 0 unspecified atom stereocenters. The summed E-state index contributed by atoms with van der Waals surface area (Å²) in [5.74, 6) is -0.0912. The number of hydrogen-bond donors (Lipinski definition) is 3. The van der Waals surface area contributed by atoms with E-state index in [1.807, 2.05) is 37.4 Å². The number of carbonyl (C=O) groups is 1. The number of rotatable bonds is 4. The number of nitrogen functional groups attached to an aromatic ring is 1. The van der Waals surface area contributed by atoms with Crippen LogP contribution >= 0.6 is 0 Å². The molecule has 0 fully saturated rings. The zero-order valence-electron chi connectivity index (χ0n) is 12.5. The van der Waals surface area contributed by atoms with Gasteiger partial charge in [-0.15, -0.1) is 0 Å². The molecule has 1 aromatic heterocycles. The van der Waals surface area contributed by atoms with Gasteiger partial charge >= 0.3 is 0 Å². The van der Waals surface area contributed by atoms with Crippen LogP contribution in [-0.2, 0) is 6.42 Å². The number of aryl methyl sites for hydroxylation is 1. The van der Waals surface area contributed by atoms with Gasteiger partial charge in [-0.3, -0.25) is 4.79 Å². The lowest BCUT2D eigenvalue weighted by atomic mass is 10.1. The minimum Gasteiger partial charge on any atom is -0.398 e. The Balaban J connectivity index is 1.63. The van der Waals surface area contributed by atoms with Crippen LogP contribution < -0.4 is 11.1 Å². The van der Waals surface area contributed by atoms with Crippen molar-refractivity contribution < 1.29 is 4.79 Å². The van der Waals surface area contributed by atoms with Crippen molar-refractivity contribution in [3.05, 3.63) is 65.4 Å². The summed E-state index contributed by atoms with van der Waals surface area (Å²) in [7, 11) is 0. The van der Waals surface area contributed by atoms with E-state index >= 15 is 0 Å². The molecule has 3 rings (SSSR count). The van der Waals surface area contributed by atoms with Gasteiger partial charge in [0.15, 0.2) is 0 Å². The fraction of sp³-hybridized carbons (Fsp3) is 0.167. The standard InChI is InChI=1S/C18H19N3O/c1-12-6-7-13(10-16(12)19)18(22)20-9-8-14-11-21-17-5-3-2-4-15(14)17/h2-7,10-11,21H,8-9,19H2,1H3,(H,20,22). The number of benzene rings is 2. The molecule has 112 valence electrons. The van der Waals surface area contributed by atoms with Crippen LogP contribution in [0.15, 0.2) is 48.7 Å². The third-order valence-electron chi connectivity index (χ3n) is 3.90. The van der Waals surface area contributed by atoms with E-state index in [2.05, 4.69) is 16.4 Å². The van der Waals surface area contributed by atoms with Gasteiger partial charge in [-0.1, -0.05) is 24.3 Å². The minimum absolute atomic E-state index is 0.0912. The van der Waals surface area contributed by atoms with Gasteiger partial charge in [-0.05, 0) is 42.7 Å². The predicted octanol–water partition coefficient (Wildman–Crippen LogP) is 3.03. The summed E-state index contributed by atoms with van der Waals surface area (Å²) in [6.45, 7) is 2.52. The van der Waals surface area contributed by atoms with Crippen molar-refractivity contribution in [3.63, 3.8) is 0 Å². The normalized spacial score (nSPS) is 10.8. The quantitative estimate of drug-likeness (QED) is 0.647. The van der Waals surface area contributed by atoms with Crippen molar-refractivity contribution in [2.24, 2.45) is 0 Å². The average Bonchev–Trinajstić information content (AvgIpc) is 2.93. The minimum atomic E-state index is -0.0912. The van der Waals surface area contributed by atoms with E-state index < -0.39 is 0 Å². The lowest BCUT2D eigenvalue weighted by Gasteiger charge is -2.07. The second-order valence-corrected chi connectivity index (χ2v) is 5.44. The molecule has 0 bridgehead atoms. The second kappa shape index (κ2) is 5.93. The summed E-state index contributed by atoms with van der Waals surface area (Å²) in [5, 5.41) is 4.15. The number of para-hydroxylation sites is 1. The number of carbonyl (C=O) groups excluding carboxylic acids is 1.